The number of imide groups is 1. The monoisotopic (exact) mass is 587 g/mol. The van der Waals surface area contributed by atoms with E-state index in [9.17, 15) is 24.9 Å². The molecule has 8 nitrogen and oxygen atoms in total. The summed E-state index contributed by atoms with van der Waals surface area (Å²) < 4.78 is 0. The third-order valence-electron chi connectivity index (χ3n) is 6.60. The van der Waals surface area contributed by atoms with Crippen LogP contribution >= 0.6 is 35.0 Å². The number of hydrogen-bond donors (Lipinski definition) is 1. The molecule has 2 aromatic carbocycles. The van der Waals surface area contributed by atoms with Crippen LogP contribution in [0.2, 0.25) is 10.0 Å². The van der Waals surface area contributed by atoms with Crippen LogP contribution in [0.4, 0.5) is 11.5 Å². The van der Waals surface area contributed by atoms with Crippen LogP contribution in [-0.2, 0) is 9.59 Å². The van der Waals surface area contributed by atoms with Gasteiger partial charge in [0.1, 0.15) is 23.0 Å². The Morgan fingerprint density at radius 1 is 1.07 bits per heavy atom. The highest BCUT2D eigenvalue weighted by Gasteiger charge is 2.42. The van der Waals surface area contributed by atoms with E-state index in [1.54, 1.807) is 24.3 Å². The van der Waals surface area contributed by atoms with Crippen molar-refractivity contribution in [3.05, 3.63) is 86.4 Å². The van der Waals surface area contributed by atoms with Crippen molar-refractivity contribution < 1.29 is 14.4 Å². The Labute approximate surface area is 244 Å². The van der Waals surface area contributed by atoms with Gasteiger partial charge in [-0.1, -0.05) is 47.1 Å². The summed E-state index contributed by atoms with van der Waals surface area (Å²) in [6.45, 7) is 0. The first kappa shape index (κ1) is 27.4. The molecule has 11 heteroatoms. The number of anilines is 2. The number of carbonyl (C=O) groups is 3. The number of nitrogens with zero attached hydrogens (tertiary/aromatic N) is 4. The molecule has 0 bridgehead atoms. The van der Waals surface area contributed by atoms with E-state index in [0.29, 0.717) is 32.4 Å². The molecule has 1 aliphatic heterocycles. The molecule has 3 aromatic rings. The summed E-state index contributed by atoms with van der Waals surface area (Å²) in [4.78, 5) is 44.1. The fraction of sp³-hybridized carbons (Fsp3) is 0.172. The van der Waals surface area contributed by atoms with Crippen molar-refractivity contribution in [3.8, 4) is 12.1 Å². The zero-order valence-corrected chi connectivity index (χ0v) is 23.1. The van der Waals surface area contributed by atoms with Crippen LogP contribution in [0.15, 0.2) is 53.6 Å². The minimum Gasteiger partial charge on any atom is -0.383 e. The molecule has 2 N–H and O–H groups in total. The lowest BCUT2D eigenvalue weighted by Gasteiger charge is -2.16. The minimum atomic E-state index is -0.821. The lowest BCUT2D eigenvalue weighted by Crippen LogP contribution is -2.31. The Morgan fingerprint density at radius 2 is 1.77 bits per heavy atom. The lowest BCUT2D eigenvalue weighted by atomic mass is 10.0. The van der Waals surface area contributed by atoms with Gasteiger partial charge in [-0.2, -0.15) is 10.5 Å². The van der Waals surface area contributed by atoms with Gasteiger partial charge in [-0.25, -0.2) is 9.88 Å². The summed E-state index contributed by atoms with van der Waals surface area (Å²) in [5.74, 6) is -1.11. The van der Waals surface area contributed by atoms with Crippen molar-refractivity contribution in [3.63, 3.8) is 0 Å². The fourth-order valence-corrected chi connectivity index (χ4v) is 5.98. The third-order valence-corrected chi connectivity index (χ3v) is 8.61. The lowest BCUT2D eigenvalue weighted by molar-refractivity contribution is -0.121. The predicted molar refractivity (Wildman–Crippen MR) is 153 cm³/mol. The van der Waals surface area contributed by atoms with E-state index >= 15 is 0 Å². The molecule has 2 aliphatic rings. The number of pyridine rings is 1. The predicted octanol–water partition coefficient (Wildman–Crippen LogP) is 5.91. The van der Waals surface area contributed by atoms with E-state index in [0.717, 1.165) is 29.5 Å². The molecule has 2 heterocycles. The Bertz CT molecular complexity index is 1690. The molecule has 0 unspecified atom stereocenters. The van der Waals surface area contributed by atoms with Gasteiger partial charge in [0.25, 0.3) is 0 Å². The summed E-state index contributed by atoms with van der Waals surface area (Å²) >= 11 is 13.2. The molecule has 0 spiro atoms. The molecule has 1 aliphatic carbocycles. The maximum absolute atomic E-state index is 13.3. The zero-order valence-electron chi connectivity index (χ0n) is 20.7. The number of thioether (sulfide) groups is 1. The van der Waals surface area contributed by atoms with Crippen molar-refractivity contribution in [2.75, 3.05) is 10.6 Å². The average molecular weight is 588 g/mol. The maximum Gasteiger partial charge on any atom is 0.247 e. The summed E-state index contributed by atoms with van der Waals surface area (Å²) in [5, 5.41) is 19.5. The number of nitrogens with two attached hydrogens (primary N) is 1. The third kappa shape index (κ3) is 5.20. The van der Waals surface area contributed by atoms with Crippen molar-refractivity contribution >= 4 is 70.1 Å². The molecule has 2 fully saturated rings. The molecule has 1 saturated carbocycles. The number of allylic oxidation sites excluding steroid dienone is 1. The molecule has 198 valence electrons. The van der Waals surface area contributed by atoms with Crippen LogP contribution in [-0.4, -0.2) is 27.8 Å². The van der Waals surface area contributed by atoms with E-state index < -0.39 is 17.1 Å². The molecule has 0 radical (unpaired) electrons. The molecule has 1 atom stereocenters. The second-order valence-corrected chi connectivity index (χ2v) is 11.2. The summed E-state index contributed by atoms with van der Waals surface area (Å²) in [6, 6.07) is 15.4. The first-order chi connectivity index (χ1) is 19.2. The van der Waals surface area contributed by atoms with Crippen LogP contribution in [0.25, 0.3) is 6.08 Å². The minimum absolute atomic E-state index is 0.00599. The number of nitrogen functional groups attached to an aromatic ring is 1. The molecular weight excluding hydrogens is 569 g/mol. The van der Waals surface area contributed by atoms with Gasteiger partial charge in [0, 0.05) is 12.0 Å². The van der Waals surface area contributed by atoms with Gasteiger partial charge in [-0.3, -0.25) is 14.4 Å². The number of halogens is 2. The Morgan fingerprint density at radius 3 is 2.42 bits per heavy atom. The van der Waals surface area contributed by atoms with Crippen LogP contribution in [0.5, 0.6) is 0 Å². The Hall–Kier alpha value is -4.15. The molecule has 5 rings (SSSR count). The van der Waals surface area contributed by atoms with Gasteiger partial charge in [0.2, 0.25) is 11.8 Å². The van der Waals surface area contributed by atoms with Crippen LogP contribution in [0.3, 0.4) is 0 Å². The Balaban J connectivity index is 1.34. The van der Waals surface area contributed by atoms with Gasteiger partial charge in [0.05, 0.1) is 32.1 Å². The average Bonchev–Trinajstić information content (AvgIpc) is 3.74. The standard InChI is InChI=1S/C29H19Cl2N5O3S/c30-21-3-1-2-17(26(21)31)8-11-22(37)15-6-9-18(10-7-15)36-24(38)12-23(29(36)39)40-28-20(14-33)25(16-4-5-16)19(13-32)27(34)35-28/h1-3,6-11,16,23H,4-5,12H2,(H2,34,35)/b11-8+/t23-/m0/s1. The number of ketones is 1. The number of amides is 2. The Kier molecular flexibility index (Phi) is 7.64. The molecule has 40 heavy (non-hydrogen) atoms. The molecule has 1 saturated heterocycles. The van der Waals surface area contributed by atoms with E-state index in [4.69, 9.17) is 28.9 Å². The van der Waals surface area contributed by atoms with Gasteiger partial charge in [-0.15, -0.1) is 0 Å². The second-order valence-electron chi connectivity index (χ2n) is 9.23. The second kappa shape index (κ2) is 11.1. The molecule has 2 amide bonds. The molecule has 1 aromatic heterocycles. The number of benzene rings is 2. The normalized spacial score (nSPS) is 16.8. The highest BCUT2D eigenvalue weighted by atomic mass is 35.5. The van der Waals surface area contributed by atoms with Crippen molar-refractivity contribution in [2.24, 2.45) is 0 Å². The van der Waals surface area contributed by atoms with Crippen molar-refractivity contribution in [1.29, 1.82) is 10.5 Å². The van der Waals surface area contributed by atoms with Crippen LogP contribution in [0.1, 0.15) is 57.8 Å². The summed E-state index contributed by atoms with van der Waals surface area (Å²) in [6.07, 6.45) is 4.51. The SMILES string of the molecule is N#Cc1c(N)nc(S[C@H]2CC(=O)N(c3ccc(C(=O)/C=C/c4cccc(Cl)c4Cl)cc3)C2=O)c(C#N)c1C1CC1. The summed E-state index contributed by atoms with van der Waals surface area (Å²) in [7, 11) is 0. The first-order valence-corrected chi connectivity index (χ1v) is 13.8. The molecular formula is C29H19Cl2N5O3S. The first-order valence-electron chi connectivity index (χ1n) is 12.2. The highest BCUT2D eigenvalue weighted by Crippen LogP contribution is 2.47. The van der Waals surface area contributed by atoms with E-state index in [1.807, 2.05) is 6.07 Å². The van der Waals surface area contributed by atoms with E-state index in [1.165, 1.54) is 30.3 Å². The largest absolute Gasteiger partial charge is 0.383 e. The summed E-state index contributed by atoms with van der Waals surface area (Å²) in [5.41, 5.74) is 8.28. The van der Waals surface area contributed by atoms with Gasteiger partial charge in [-0.05, 0) is 72.4 Å². The number of rotatable bonds is 7. The number of aromatic nitrogens is 1. The van der Waals surface area contributed by atoms with Crippen molar-refractivity contribution in [1.82, 2.24) is 4.98 Å². The topological polar surface area (TPSA) is 141 Å². The maximum atomic E-state index is 13.3. The van der Waals surface area contributed by atoms with Crippen LogP contribution in [0, 0.1) is 22.7 Å². The quantitative estimate of drug-likeness (QED) is 0.204. The number of carbonyl (C=O) groups excluding carboxylic acids is 3. The smallest absolute Gasteiger partial charge is 0.247 e. The van der Waals surface area contributed by atoms with Gasteiger partial charge < -0.3 is 5.73 Å². The van der Waals surface area contributed by atoms with Crippen LogP contribution < -0.4 is 10.6 Å². The number of hydrogen-bond acceptors (Lipinski definition) is 8. The van der Waals surface area contributed by atoms with Gasteiger partial charge in [0.15, 0.2) is 5.78 Å². The van der Waals surface area contributed by atoms with E-state index in [-0.39, 0.29) is 40.1 Å². The highest BCUT2D eigenvalue weighted by molar-refractivity contribution is 8.00. The van der Waals surface area contributed by atoms with E-state index in [2.05, 4.69) is 11.1 Å². The van der Waals surface area contributed by atoms with Gasteiger partial charge >= 0.3 is 0 Å². The fourth-order valence-electron chi connectivity index (χ4n) is 4.48. The zero-order chi connectivity index (χ0) is 28.6. The number of nitriles is 2. The van der Waals surface area contributed by atoms with Crippen molar-refractivity contribution in [2.45, 2.75) is 35.5 Å².